The number of imide groups is 1. The third-order valence-electron chi connectivity index (χ3n) is 2.46. The molecule has 0 aromatic heterocycles. The highest BCUT2D eigenvalue weighted by molar-refractivity contribution is 7.80. The molecule has 0 atom stereocenters. The average Bonchev–Trinajstić information content (AvgIpc) is 2.50. The SMILES string of the molecule is NC(=S)CCN1C(=O)c2ccccc2C1=O. The number of nitrogens with two attached hydrogens (primary N) is 1. The third-order valence-corrected chi connectivity index (χ3v) is 2.66. The zero-order chi connectivity index (χ0) is 11.7. The molecule has 1 aliphatic heterocycles. The molecule has 4 nitrogen and oxygen atoms in total. The summed E-state index contributed by atoms with van der Waals surface area (Å²) in [6.07, 6.45) is 0.362. The van der Waals surface area contributed by atoms with E-state index in [-0.39, 0.29) is 18.4 Å². The van der Waals surface area contributed by atoms with Crippen molar-refractivity contribution in [3.8, 4) is 0 Å². The first kappa shape index (κ1) is 10.8. The number of amides is 2. The van der Waals surface area contributed by atoms with Crippen LogP contribution in [-0.2, 0) is 0 Å². The molecular weight excluding hydrogens is 224 g/mol. The van der Waals surface area contributed by atoms with E-state index in [0.29, 0.717) is 22.5 Å². The molecule has 0 saturated heterocycles. The van der Waals surface area contributed by atoms with Gasteiger partial charge in [-0.2, -0.15) is 0 Å². The van der Waals surface area contributed by atoms with Crippen LogP contribution in [0, 0.1) is 0 Å². The molecule has 2 amide bonds. The Kier molecular flexibility index (Phi) is 2.70. The Morgan fingerprint density at radius 2 is 1.69 bits per heavy atom. The summed E-state index contributed by atoms with van der Waals surface area (Å²) in [5.74, 6) is -0.534. The maximum atomic E-state index is 11.8. The van der Waals surface area contributed by atoms with Crippen molar-refractivity contribution in [3.05, 3.63) is 35.4 Å². The van der Waals surface area contributed by atoms with Gasteiger partial charge in [0.25, 0.3) is 11.8 Å². The van der Waals surface area contributed by atoms with Crippen molar-refractivity contribution >= 4 is 29.0 Å². The van der Waals surface area contributed by atoms with Gasteiger partial charge in [0.1, 0.15) is 0 Å². The summed E-state index contributed by atoms with van der Waals surface area (Å²) in [4.78, 5) is 25.2. The molecule has 1 aromatic rings. The highest BCUT2D eigenvalue weighted by Gasteiger charge is 2.34. The van der Waals surface area contributed by atoms with E-state index in [2.05, 4.69) is 0 Å². The predicted molar refractivity (Wildman–Crippen MR) is 63.2 cm³/mol. The van der Waals surface area contributed by atoms with Gasteiger partial charge in [0.2, 0.25) is 0 Å². The van der Waals surface area contributed by atoms with Crippen LogP contribution < -0.4 is 5.73 Å². The molecule has 0 bridgehead atoms. The van der Waals surface area contributed by atoms with Crippen molar-refractivity contribution in [3.63, 3.8) is 0 Å². The molecule has 82 valence electrons. The van der Waals surface area contributed by atoms with Crippen LogP contribution >= 0.6 is 12.2 Å². The monoisotopic (exact) mass is 234 g/mol. The van der Waals surface area contributed by atoms with Gasteiger partial charge in [0, 0.05) is 13.0 Å². The fraction of sp³-hybridized carbons (Fsp3) is 0.182. The Balaban J connectivity index is 2.25. The molecule has 0 aliphatic carbocycles. The molecule has 0 radical (unpaired) electrons. The first-order valence-electron chi connectivity index (χ1n) is 4.85. The van der Waals surface area contributed by atoms with E-state index < -0.39 is 0 Å². The number of fused-ring (bicyclic) bond motifs is 1. The van der Waals surface area contributed by atoms with E-state index >= 15 is 0 Å². The fourth-order valence-corrected chi connectivity index (χ4v) is 1.76. The quantitative estimate of drug-likeness (QED) is 0.625. The Morgan fingerprint density at radius 3 is 2.12 bits per heavy atom. The van der Waals surface area contributed by atoms with Gasteiger partial charge in [-0.25, -0.2) is 0 Å². The van der Waals surface area contributed by atoms with Crippen LogP contribution in [0.4, 0.5) is 0 Å². The second kappa shape index (κ2) is 4.02. The fourth-order valence-electron chi connectivity index (χ4n) is 1.66. The molecule has 0 saturated carbocycles. The number of hydrogen-bond acceptors (Lipinski definition) is 3. The Morgan fingerprint density at radius 1 is 1.19 bits per heavy atom. The van der Waals surface area contributed by atoms with Crippen LogP contribution in [0.25, 0.3) is 0 Å². The minimum Gasteiger partial charge on any atom is -0.393 e. The molecule has 0 spiro atoms. The predicted octanol–water partition coefficient (Wildman–Crippen LogP) is 0.959. The zero-order valence-corrected chi connectivity index (χ0v) is 9.29. The van der Waals surface area contributed by atoms with Gasteiger partial charge in [-0.3, -0.25) is 14.5 Å². The normalized spacial score (nSPS) is 14.1. The molecular formula is C11H10N2O2S. The third kappa shape index (κ3) is 1.69. The Bertz CT molecular complexity index is 450. The van der Waals surface area contributed by atoms with Crippen molar-refractivity contribution in [1.29, 1.82) is 0 Å². The molecule has 0 unspecified atom stereocenters. The van der Waals surface area contributed by atoms with Gasteiger partial charge in [-0.1, -0.05) is 24.4 Å². The number of benzene rings is 1. The lowest BCUT2D eigenvalue weighted by atomic mass is 10.1. The second-order valence-corrected chi connectivity index (χ2v) is 4.05. The minimum absolute atomic E-state index is 0.252. The average molecular weight is 234 g/mol. The van der Waals surface area contributed by atoms with Crippen molar-refractivity contribution < 1.29 is 9.59 Å². The first-order chi connectivity index (χ1) is 7.61. The van der Waals surface area contributed by atoms with E-state index in [1.54, 1.807) is 24.3 Å². The van der Waals surface area contributed by atoms with E-state index in [1.165, 1.54) is 4.90 Å². The van der Waals surface area contributed by atoms with Crippen LogP contribution in [0.5, 0.6) is 0 Å². The maximum absolute atomic E-state index is 11.8. The van der Waals surface area contributed by atoms with Crippen molar-refractivity contribution in [1.82, 2.24) is 4.90 Å². The van der Waals surface area contributed by atoms with Gasteiger partial charge in [-0.05, 0) is 12.1 Å². The van der Waals surface area contributed by atoms with Crippen LogP contribution in [0.15, 0.2) is 24.3 Å². The topological polar surface area (TPSA) is 63.4 Å². The molecule has 1 aliphatic rings. The first-order valence-corrected chi connectivity index (χ1v) is 5.25. The molecule has 5 heteroatoms. The number of nitrogens with zero attached hydrogens (tertiary/aromatic N) is 1. The summed E-state index contributed by atoms with van der Waals surface area (Å²) in [6.45, 7) is 0.252. The second-order valence-electron chi connectivity index (χ2n) is 3.52. The molecule has 2 rings (SSSR count). The highest BCUT2D eigenvalue weighted by atomic mass is 32.1. The summed E-state index contributed by atoms with van der Waals surface area (Å²) in [5, 5.41) is 0. The van der Waals surface area contributed by atoms with E-state index in [0.717, 1.165) is 0 Å². The van der Waals surface area contributed by atoms with E-state index in [1.807, 2.05) is 0 Å². The Hall–Kier alpha value is -1.75. The lowest BCUT2D eigenvalue weighted by molar-refractivity contribution is 0.0659. The summed E-state index contributed by atoms with van der Waals surface area (Å²) in [7, 11) is 0. The lowest BCUT2D eigenvalue weighted by Crippen LogP contribution is -2.32. The summed E-state index contributed by atoms with van der Waals surface area (Å²) >= 11 is 4.72. The van der Waals surface area contributed by atoms with Crippen LogP contribution in [-0.4, -0.2) is 28.2 Å². The minimum atomic E-state index is -0.267. The van der Waals surface area contributed by atoms with Crippen molar-refractivity contribution in [2.45, 2.75) is 6.42 Å². The Labute approximate surface area is 98.0 Å². The molecule has 1 heterocycles. The highest BCUT2D eigenvalue weighted by Crippen LogP contribution is 2.22. The van der Waals surface area contributed by atoms with Crippen LogP contribution in [0.1, 0.15) is 27.1 Å². The van der Waals surface area contributed by atoms with Gasteiger partial charge in [0.15, 0.2) is 0 Å². The summed E-state index contributed by atoms with van der Waals surface area (Å²) < 4.78 is 0. The number of thiocarbonyl (C=S) groups is 1. The number of rotatable bonds is 3. The number of hydrogen-bond donors (Lipinski definition) is 1. The van der Waals surface area contributed by atoms with Crippen molar-refractivity contribution in [2.24, 2.45) is 5.73 Å². The largest absolute Gasteiger partial charge is 0.393 e. The maximum Gasteiger partial charge on any atom is 0.261 e. The molecule has 16 heavy (non-hydrogen) atoms. The zero-order valence-electron chi connectivity index (χ0n) is 8.47. The molecule has 2 N–H and O–H groups in total. The number of carbonyl (C=O) groups excluding carboxylic acids is 2. The molecule has 1 aromatic carbocycles. The van der Waals surface area contributed by atoms with Crippen LogP contribution in [0.2, 0.25) is 0 Å². The van der Waals surface area contributed by atoms with E-state index in [9.17, 15) is 9.59 Å². The summed E-state index contributed by atoms with van der Waals surface area (Å²) in [6, 6.07) is 6.77. The standard InChI is InChI=1S/C11H10N2O2S/c12-9(16)5-6-13-10(14)7-3-1-2-4-8(7)11(13)15/h1-4H,5-6H2,(H2,12,16). The number of carbonyl (C=O) groups is 2. The molecule has 0 fully saturated rings. The van der Waals surface area contributed by atoms with Gasteiger partial charge >= 0.3 is 0 Å². The van der Waals surface area contributed by atoms with E-state index in [4.69, 9.17) is 18.0 Å². The van der Waals surface area contributed by atoms with Crippen LogP contribution in [0.3, 0.4) is 0 Å². The van der Waals surface area contributed by atoms with Gasteiger partial charge in [-0.15, -0.1) is 0 Å². The van der Waals surface area contributed by atoms with Gasteiger partial charge < -0.3 is 5.73 Å². The van der Waals surface area contributed by atoms with Gasteiger partial charge in [0.05, 0.1) is 16.1 Å². The lowest BCUT2D eigenvalue weighted by Gasteiger charge is -2.12. The van der Waals surface area contributed by atoms with Crippen molar-refractivity contribution in [2.75, 3.05) is 6.54 Å². The summed E-state index contributed by atoms with van der Waals surface area (Å²) in [5.41, 5.74) is 6.26. The smallest absolute Gasteiger partial charge is 0.261 e.